The maximum Gasteiger partial charge on any atom is 0.185 e. The molecule has 0 amide bonds. The Kier molecular flexibility index (Phi) is 3.33. The summed E-state index contributed by atoms with van der Waals surface area (Å²) in [6.07, 6.45) is 5.33. The van der Waals surface area contributed by atoms with Gasteiger partial charge < -0.3 is 4.74 Å². The first kappa shape index (κ1) is 11.9. The van der Waals surface area contributed by atoms with Gasteiger partial charge in [-0.1, -0.05) is 23.8 Å². The third-order valence-corrected chi connectivity index (χ3v) is 4.15. The van der Waals surface area contributed by atoms with Crippen molar-refractivity contribution >= 4 is 9.84 Å². The van der Waals surface area contributed by atoms with Gasteiger partial charge in [-0.15, -0.1) is 0 Å². The van der Waals surface area contributed by atoms with Crippen molar-refractivity contribution < 1.29 is 13.2 Å². The molecule has 0 aliphatic carbocycles. The molecule has 3 nitrogen and oxygen atoms in total. The topological polar surface area (TPSA) is 43.4 Å². The number of hydrogen-bond donors (Lipinski definition) is 0. The van der Waals surface area contributed by atoms with Crippen LogP contribution in [0.2, 0.25) is 0 Å². The lowest BCUT2D eigenvalue weighted by Gasteiger charge is -2.11. The molecular formula is C13H14O3S. The van der Waals surface area contributed by atoms with Crippen LogP contribution in [0, 0.1) is 6.92 Å². The fourth-order valence-electron chi connectivity index (χ4n) is 1.54. The number of ether oxygens (including phenoxy) is 1. The highest BCUT2D eigenvalue weighted by Gasteiger charge is 2.17. The van der Waals surface area contributed by atoms with E-state index in [9.17, 15) is 8.42 Å². The number of hydrogen-bond acceptors (Lipinski definition) is 3. The van der Waals surface area contributed by atoms with Crippen LogP contribution in [0.15, 0.2) is 53.1 Å². The van der Waals surface area contributed by atoms with Gasteiger partial charge in [0.15, 0.2) is 9.84 Å². The van der Waals surface area contributed by atoms with Crippen molar-refractivity contribution in [2.24, 2.45) is 0 Å². The first-order valence-corrected chi connectivity index (χ1v) is 7.01. The van der Waals surface area contributed by atoms with Crippen molar-refractivity contribution in [2.75, 3.05) is 12.4 Å². The van der Waals surface area contributed by atoms with Crippen LogP contribution >= 0.6 is 0 Å². The van der Waals surface area contributed by atoms with Crippen molar-refractivity contribution in [1.29, 1.82) is 0 Å². The molecule has 0 atom stereocenters. The molecule has 0 unspecified atom stereocenters. The summed E-state index contributed by atoms with van der Waals surface area (Å²) in [5.74, 6) is 0.411. The summed E-state index contributed by atoms with van der Waals surface area (Å²) >= 11 is 0. The molecular weight excluding hydrogens is 236 g/mol. The van der Waals surface area contributed by atoms with E-state index in [-0.39, 0.29) is 5.75 Å². The van der Waals surface area contributed by atoms with Gasteiger partial charge in [0.05, 0.1) is 4.90 Å². The van der Waals surface area contributed by atoms with Crippen molar-refractivity contribution in [3.8, 4) is 0 Å². The summed E-state index contributed by atoms with van der Waals surface area (Å²) in [4.78, 5) is 0.335. The first-order valence-electron chi connectivity index (χ1n) is 5.36. The fourth-order valence-corrected chi connectivity index (χ4v) is 2.81. The van der Waals surface area contributed by atoms with E-state index in [1.807, 2.05) is 19.1 Å². The Morgan fingerprint density at radius 3 is 2.53 bits per heavy atom. The lowest BCUT2D eigenvalue weighted by molar-refractivity contribution is 0.246. The van der Waals surface area contributed by atoms with E-state index in [1.165, 1.54) is 0 Å². The van der Waals surface area contributed by atoms with Crippen molar-refractivity contribution in [3.63, 3.8) is 0 Å². The second kappa shape index (κ2) is 4.75. The van der Waals surface area contributed by atoms with Crippen LogP contribution in [0.4, 0.5) is 0 Å². The van der Waals surface area contributed by atoms with Crippen molar-refractivity contribution in [2.45, 2.75) is 11.8 Å². The molecule has 17 heavy (non-hydrogen) atoms. The van der Waals surface area contributed by atoms with Crippen LogP contribution in [-0.2, 0) is 14.6 Å². The molecule has 0 bridgehead atoms. The summed E-state index contributed by atoms with van der Waals surface area (Å²) in [5.41, 5.74) is 1.04. The molecule has 1 heterocycles. The van der Waals surface area contributed by atoms with Crippen LogP contribution in [-0.4, -0.2) is 20.8 Å². The van der Waals surface area contributed by atoms with Gasteiger partial charge in [0.1, 0.15) is 18.1 Å². The number of sulfone groups is 1. The normalized spacial score (nSPS) is 15.2. The minimum absolute atomic E-state index is 0.0829. The van der Waals surface area contributed by atoms with Gasteiger partial charge in [0.2, 0.25) is 0 Å². The highest BCUT2D eigenvalue weighted by molar-refractivity contribution is 7.91. The minimum Gasteiger partial charge on any atom is -0.493 e. The van der Waals surface area contributed by atoms with Crippen LogP contribution in [0.25, 0.3) is 0 Å². The van der Waals surface area contributed by atoms with Gasteiger partial charge in [-0.05, 0) is 31.2 Å². The van der Waals surface area contributed by atoms with E-state index in [0.29, 0.717) is 17.3 Å². The Bertz CT molecular complexity index is 551. The summed E-state index contributed by atoms with van der Waals surface area (Å²) in [5, 5.41) is 0. The summed E-state index contributed by atoms with van der Waals surface area (Å²) in [7, 11) is -3.30. The third kappa shape index (κ3) is 2.97. The molecule has 2 rings (SSSR count). The molecule has 0 saturated heterocycles. The molecule has 4 heteroatoms. The lowest BCUT2D eigenvalue weighted by atomic mass is 10.2. The molecule has 1 aromatic rings. The summed E-state index contributed by atoms with van der Waals surface area (Å²) < 4.78 is 29.4. The maximum absolute atomic E-state index is 12.1. The predicted octanol–water partition coefficient (Wildman–Crippen LogP) is 2.24. The van der Waals surface area contributed by atoms with Crippen LogP contribution in [0.3, 0.4) is 0 Å². The zero-order valence-corrected chi connectivity index (χ0v) is 10.4. The maximum atomic E-state index is 12.1. The third-order valence-electron chi connectivity index (χ3n) is 2.50. The Morgan fingerprint density at radius 1 is 1.24 bits per heavy atom. The lowest BCUT2D eigenvalue weighted by Crippen LogP contribution is -2.12. The molecule has 0 fully saturated rings. The second-order valence-corrected chi connectivity index (χ2v) is 5.93. The van der Waals surface area contributed by atoms with E-state index in [2.05, 4.69) is 0 Å². The molecule has 0 radical (unpaired) electrons. The molecule has 0 saturated carbocycles. The quantitative estimate of drug-likeness (QED) is 0.826. The molecule has 1 aromatic carbocycles. The van der Waals surface area contributed by atoms with Gasteiger partial charge in [-0.2, -0.15) is 0 Å². The molecule has 0 spiro atoms. The highest BCUT2D eigenvalue weighted by atomic mass is 32.2. The molecule has 0 aromatic heterocycles. The Labute approximate surface area is 101 Å². The zero-order valence-electron chi connectivity index (χ0n) is 9.59. The minimum atomic E-state index is -3.30. The van der Waals surface area contributed by atoms with Gasteiger partial charge in [0.25, 0.3) is 0 Å². The highest BCUT2D eigenvalue weighted by Crippen LogP contribution is 2.16. The van der Waals surface area contributed by atoms with Gasteiger partial charge in [-0.25, -0.2) is 8.42 Å². The van der Waals surface area contributed by atoms with Gasteiger partial charge in [-0.3, -0.25) is 0 Å². The van der Waals surface area contributed by atoms with E-state index in [4.69, 9.17) is 4.74 Å². The SMILES string of the molecule is Cc1ccc(S(=O)(=O)CC2=CC=CCO2)cc1. The number of aryl methyl sites for hydroxylation is 1. The smallest absolute Gasteiger partial charge is 0.185 e. The first-order chi connectivity index (χ1) is 8.08. The Balaban J connectivity index is 2.22. The van der Waals surface area contributed by atoms with E-state index in [0.717, 1.165) is 5.56 Å². The predicted molar refractivity (Wildman–Crippen MR) is 66.4 cm³/mol. The number of rotatable bonds is 3. The van der Waals surface area contributed by atoms with Crippen LogP contribution in [0.5, 0.6) is 0 Å². The molecule has 90 valence electrons. The monoisotopic (exact) mass is 250 g/mol. The average molecular weight is 250 g/mol. The van der Waals surface area contributed by atoms with Gasteiger partial charge >= 0.3 is 0 Å². The zero-order chi connectivity index (χ0) is 12.3. The van der Waals surface area contributed by atoms with E-state index in [1.54, 1.807) is 30.3 Å². The summed E-state index contributed by atoms with van der Waals surface area (Å²) in [6.45, 7) is 2.36. The van der Waals surface area contributed by atoms with Crippen LogP contribution in [0.1, 0.15) is 5.56 Å². The van der Waals surface area contributed by atoms with Crippen molar-refractivity contribution in [1.82, 2.24) is 0 Å². The Morgan fingerprint density at radius 2 is 1.94 bits per heavy atom. The average Bonchev–Trinajstić information content (AvgIpc) is 2.30. The standard InChI is InChI=1S/C13H14O3S/c1-11-5-7-13(8-6-11)17(14,15)10-12-4-2-3-9-16-12/h2-8H,9-10H2,1H3. The Hall–Kier alpha value is -1.55. The second-order valence-electron chi connectivity index (χ2n) is 3.94. The number of allylic oxidation sites excluding steroid dienone is 2. The molecule has 1 aliphatic rings. The summed E-state index contributed by atoms with van der Waals surface area (Å²) in [6, 6.07) is 6.85. The fraction of sp³-hybridized carbons (Fsp3) is 0.231. The molecule has 0 N–H and O–H groups in total. The van der Waals surface area contributed by atoms with E-state index < -0.39 is 9.84 Å². The van der Waals surface area contributed by atoms with Crippen molar-refractivity contribution in [3.05, 3.63) is 53.8 Å². The molecule has 1 aliphatic heterocycles. The van der Waals surface area contributed by atoms with Crippen LogP contribution < -0.4 is 0 Å². The van der Waals surface area contributed by atoms with Gasteiger partial charge in [0, 0.05) is 0 Å². The largest absolute Gasteiger partial charge is 0.493 e. The number of benzene rings is 1. The van der Waals surface area contributed by atoms with E-state index >= 15 is 0 Å².